The number of piperazine rings is 1. The number of carbonyl (C=O) groups excluding carboxylic acids is 1. The molecular formula is C30H32N4O3. The van der Waals surface area contributed by atoms with Gasteiger partial charge < -0.3 is 14.4 Å². The van der Waals surface area contributed by atoms with E-state index in [1.165, 1.54) is 5.56 Å². The van der Waals surface area contributed by atoms with Crippen molar-refractivity contribution in [1.82, 2.24) is 19.6 Å². The minimum absolute atomic E-state index is 0.0785. The van der Waals surface area contributed by atoms with E-state index in [4.69, 9.17) is 9.47 Å². The lowest BCUT2D eigenvalue weighted by atomic mass is 9.97. The Kier molecular flexibility index (Phi) is 7.51. The van der Waals surface area contributed by atoms with E-state index in [0.717, 1.165) is 59.9 Å². The van der Waals surface area contributed by atoms with Gasteiger partial charge in [-0.15, -0.1) is 0 Å². The Morgan fingerprint density at radius 1 is 0.865 bits per heavy atom. The number of benzene rings is 3. The molecule has 1 aliphatic heterocycles. The van der Waals surface area contributed by atoms with Crippen LogP contribution in [0.4, 0.5) is 0 Å². The van der Waals surface area contributed by atoms with Gasteiger partial charge in [-0.25, -0.2) is 0 Å². The van der Waals surface area contributed by atoms with Crippen LogP contribution in [0.1, 0.15) is 21.5 Å². The van der Waals surface area contributed by atoms with Crippen molar-refractivity contribution < 1.29 is 14.3 Å². The average Bonchev–Trinajstić information content (AvgIpc) is 3.46. The van der Waals surface area contributed by atoms with E-state index in [9.17, 15) is 4.79 Å². The quantitative estimate of drug-likeness (QED) is 0.358. The maximum atomic E-state index is 13.6. The number of hydrogen-bond acceptors (Lipinski definition) is 5. The van der Waals surface area contributed by atoms with Crippen molar-refractivity contribution in [2.75, 3.05) is 40.4 Å². The van der Waals surface area contributed by atoms with E-state index >= 15 is 0 Å². The number of methoxy groups -OCH3 is 2. The molecule has 0 radical (unpaired) electrons. The molecule has 2 heterocycles. The van der Waals surface area contributed by atoms with Crippen molar-refractivity contribution in [3.8, 4) is 22.6 Å². The van der Waals surface area contributed by atoms with Crippen LogP contribution in [0.3, 0.4) is 0 Å². The van der Waals surface area contributed by atoms with E-state index < -0.39 is 0 Å². The molecule has 1 fully saturated rings. The van der Waals surface area contributed by atoms with E-state index in [2.05, 4.69) is 34.3 Å². The summed E-state index contributed by atoms with van der Waals surface area (Å²) in [6.07, 6.45) is 3.74. The van der Waals surface area contributed by atoms with Gasteiger partial charge in [-0.3, -0.25) is 14.4 Å². The second-order valence-electron chi connectivity index (χ2n) is 9.19. The maximum Gasteiger partial charge on any atom is 0.254 e. The summed E-state index contributed by atoms with van der Waals surface area (Å²) < 4.78 is 12.8. The number of hydrogen-bond donors (Lipinski definition) is 0. The molecule has 0 N–H and O–H groups in total. The molecule has 0 spiro atoms. The Balaban J connectivity index is 1.25. The molecule has 0 saturated carbocycles. The first-order valence-corrected chi connectivity index (χ1v) is 12.5. The van der Waals surface area contributed by atoms with Crippen LogP contribution in [-0.4, -0.2) is 65.9 Å². The summed E-state index contributed by atoms with van der Waals surface area (Å²) in [6.45, 7) is 4.45. The molecule has 7 nitrogen and oxygen atoms in total. The summed E-state index contributed by atoms with van der Waals surface area (Å²) in [5.41, 5.74) is 4.99. The fourth-order valence-corrected chi connectivity index (χ4v) is 4.82. The molecular weight excluding hydrogens is 464 g/mol. The molecule has 3 aromatic carbocycles. The summed E-state index contributed by atoms with van der Waals surface area (Å²) in [6, 6.07) is 24.1. The van der Waals surface area contributed by atoms with Gasteiger partial charge in [0.2, 0.25) is 0 Å². The van der Waals surface area contributed by atoms with Crippen LogP contribution in [-0.2, 0) is 13.1 Å². The second kappa shape index (κ2) is 11.3. The van der Waals surface area contributed by atoms with Crippen LogP contribution in [0.5, 0.6) is 11.5 Å². The molecule has 0 atom stereocenters. The first kappa shape index (κ1) is 24.6. The van der Waals surface area contributed by atoms with Crippen LogP contribution < -0.4 is 9.47 Å². The zero-order valence-electron chi connectivity index (χ0n) is 21.3. The summed E-state index contributed by atoms with van der Waals surface area (Å²) in [4.78, 5) is 17.9. The number of ether oxygens (including phenoxy) is 2. The third-order valence-corrected chi connectivity index (χ3v) is 6.87. The topological polar surface area (TPSA) is 59.8 Å². The number of carbonyl (C=O) groups is 1. The maximum absolute atomic E-state index is 13.6. The lowest BCUT2D eigenvalue weighted by Crippen LogP contribution is -2.48. The van der Waals surface area contributed by atoms with E-state index in [-0.39, 0.29) is 5.91 Å². The van der Waals surface area contributed by atoms with Gasteiger partial charge in [-0.05, 0) is 47.0 Å². The zero-order valence-corrected chi connectivity index (χ0v) is 21.3. The third kappa shape index (κ3) is 5.67. The van der Waals surface area contributed by atoms with Gasteiger partial charge in [0.1, 0.15) is 11.5 Å². The summed E-state index contributed by atoms with van der Waals surface area (Å²) in [5, 5.41) is 4.28. The van der Waals surface area contributed by atoms with E-state index in [1.54, 1.807) is 20.4 Å². The van der Waals surface area contributed by atoms with Crippen molar-refractivity contribution in [2.45, 2.75) is 13.1 Å². The third-order valence-electron chi connectivity index (χ3n) is 6.87. The lowest BCUT2D eigenvalue weighted by molar-refractivity contribution is 0.0628. The summed E-state index contributed by atoms with van der Waals surface area (Å²) in [5.74, 6) is 1.74. The van der Waals surface area contributed by atoms with Crippen LogP contribution in [0.15, 0.2) is 85.2 Å². The minimum atomic E-state index is 0.0785. The van der Waals surface area contributed by atoms with Crippen LogP contribution in [0, 0.1) is 0 Å². The largest absolute Gasteiger partial charge is 0.497 e. The highest BCUT2D eigenvalue weighted by atomic mass is 16.5. The van der Waals surface area contributed by atoms with Crippen molar-refractivity contribution in [3.05, 3.63) is 102 Å². The number of aromatic nitrogens is 2. The summed E-state index contributed by atoms with van der Waals surface area (Å²) >= 11 is 0. The Morgan fingerprint density at radius 2 is 1.65 bits per heavy atom. The number of nitrogens with zero attached hydrogens (tertiary/aromatic N) is 4. The predicted octanol–water partition coefficient (Wildman–Crippen LogP) is 4.57. The molecule has 0 aliphatic carbocycles. The highest BCUT2D eigenvalue weighted by Gasteiger charge is 2.24. The molecule has 0 unspecified atom stereocenters. The smallest absolute Gasteiger partial charge is 0.254 e. The molecule has 4 aromatic rings. The monoisotopic (exact) mass is 496 g/mol. The zero-order chi connectivity index (χ0) is 25.6. The molecule has 1 aromatic heterocycles. The lowest BCUT2D eigenvalue weighted by Gasteiger charge is -2.35. The molecule has 7 heteroatoms. The Bertz CT molecular complexity index is 1330. The van der Waals surface area contributed by atoms with Gasteiger partial charge in [0.05, 0.1) is 20.8 Å². The number of amides is 1. The van der Waals surface area contributed by atoms with Crippen molar-refractivity contribution in [1.29, 1.82) is 0 Å². The Labute approximate surface area is 217 Å². The summed E-state index contributed by atoms with van der Waals surface area (Å²) in [7, 11) is 3.36. The predicted molar refractivity (Wildman–Crippen MR) is 144 cm³/mol. The van der Waals surface area contributed by atoms with Crippen LogP contribution >= 0.6 is 0 Å². The fourth-order valence-electron chi connectivity index (χ4n) is 4.82. The van der Waals surface area contributed by atoms with Crippen molar-refractivity contribution >= 4 is 5.91 Å². The normalized spacial score (nSPS) is 13.9. The van der Waals surface area contributed by atoms with Crippen LogP contribution in [0.25, 0.3) is 11.1 Å². The molecule has 190 valence electrons. The van der Waals surface area contributed by atoms with E-state index in [1.807, 2.05) is 64.3 Å². The molecule has 0 bridgehead atoms. The standard InChI is InChI=1S/C30H32N4O3/c1-36-26-12-13-29(37-2)25(20-26)22-32-16-18-33(19-17-32)30(35)28-7-4-3-6-27(28)24-10-8-23(9-11-24)21-34-15-5-14-31-34/h3-15,20H,16-19,21-22H2,1-2H3. The molecule has 1 amide bonds. The SMILES string of the molecule is COc1ccc(OC)c(CN2CCN(C(=O)c3ccccc3-c3ccc(Cn4cccn4)cc3)CC2)c1. The fraction of sp³-hybridized carbons (Fsp3) is 0.267. The second-order valence-corrected chi connectivity index (χ2v) is 9.19. The van der Waals surface area contributed by atoms with Gasteiger partial charge in [0.15, 0.2) is 0 Å². The van der Waals surface area contributed by atoms with Gasteiger partial charge in [-0.1, -0.05) is 42.5 Å². The van der Waals surface area contributed by atoms with Gasteiger partial charge in [-0.2, -0.15) is 5.10 Å². The van der Waals surface area contributed by atoms with Crippen molar-refractivity contribution in [2.24, 2.45) is 0 Å². The Morgan fingerprint density at radius 3 is 2.35 bits per heavy atom. The molecule has 5 rings (SSSR count). The molecule has 1 aliphatic rings. The van der Waals surface area contributed by atoms with Gasteiger partial charge in [0.25, 0.3) is 5.91 Å². The highest BCUT2D eigenvalue weighted by Crippen LogP contribution is 2.28. The molecule has 37 heavy (non-hydrogen) atoms. The average molecular weight is 497 g/mol. The van der Waals surface area contributed by atoms with E-state index in [0.29, 0.717) is 13.1 Å². The molecule has 1 saturated heterocycles. The minimum Gasteiger partial charge on any atom is -0.497 e. The first-order valence-electron chi connectivity index (χ1n) is 12.5. The van der Waals surface area contributed by atoms with Crippen molar-refractivity contribution in [3.63, 3.8) is 0 Å². The highest BCUT2D eigenvalue weighted by molar-refractivity contribution is 6.01. The van der Waals surface area contributed by atoms with Crippen LogP contribution in [0.2, 0.25) is 0 Å². The number of rotatable bonds is 8. The Hall–Kier alpha value is -4.10. The van der Waals surface area contributed by atoms with Gasteiger partial charge in [0, 0.05) is 56.2 Å². The first-order chi connectivity index (χ1) is 18.1. The van der Waals surface area contributed by atoms with Gasteiger partial charge >= 0.3 is 0 Å².